The van der Waals surface area contributed by atoms with Gasteiger partial charge in [0.05, 0.1) is 23.1 Å². The fraction of sp³-hybridized carbons (Fsp3) is 0.250. The Hall–Kier alpha value is -2.96. The molecule has 0 saturated heterocycles. The zero-order valence-corrected chi connectivity index (χ0v) is 12.5. The van der Waals surface area contributed by atoms with Gasteiger partial charge in [-0.2, -0.15) is 5.10 Å². The van der Waals surface area contributed by atoms with Crippen molar-refractivity contribution in [3.8, 4) is 0 Å². The topological polar surface area (TPSA) is 92.7 Å². The summed E-state index contributed by atoms with van der Waals surface area (Å²) in [5.74, 6) is 0.966. The number of H-pyrrole nitrogens is 1. The van der Waals surface area contributed by atoms with Crippen LogP contribution in [0.25, 0.3) is 10.9 Å². The maximum absolute atomic E-state index is 12.5. The number of benzene rings is 1. The predicted octanol–water partition coefficient (Wildman–Crippen LogP) is 2.02. The average Bonchev–Trinajstić information content (AvgIpc) is 3.26. The lowest BCUT2D eigenvalue weighted by Crippen LogP contribution is -2.16. The molecule has 0 unspecified atom stereocenters. The Bertz CT molecular complexity index is 968. The normalized spacial score (nSPS) is 14.1. The van der Waals surface area contributed by atoms with E-state index in [9.17, 15) is 9.59 Å². The van der Waals surface area contributed by atoms with E-state index in [1.807, 2.05) is 4.68 Å². The largest absolute Gasteiger partial charge is 0.310 e. The van der Waals surface area contributed by atoms with E-state index in [-0.39, 0.29) is 11.5 Å². The van der Waals surface area contributed by atoms with Gasteiger partial charge in [0.25, 0.3) is 11.5 Å². The van der Waals surface area contributed by atoms with Gasteiger partial charge in [0.2, 0.25) is 0 Å². The molecular formula is C16H15N5O2. The quantitative estimate of drug-likeness (QED) is 0.774. The van der Waals surface area contributed by atoms with Crippen LogP contribution in [0.2, 0.25) is 0 Å². The van der Waals surface area contributed by atoms with E-state index in [4.69, 9.17) is 0 Å². The minimum absolute atomic E-state index is 0.203. The van der Waals surface area contributed by atoms with Crippen LogP contribution < -0.4 is 10.9 Å². The third kappa shape index (κ3) is 2.50. The van der Waals surface area contributed by atoms with Gasteiger partial charge in [0.1, 0.15) is 11.6 Å². The molecule has 2 aromatic heterocycles. The van der Waals surface area contributed by atoms with Crippen molar-refractivity contribution in [2.75, 3.05) is 5.32 Å². The molecule has 3 aromatic rings. The molecule has 1 aliphatic rings. The van der Waals surface area contributed by atoms with Gasteiger partial charge < -0.3 is 10.3 Å². The lowest BCUT2D eigenvalue weighted by Gasteiger charge is -2.08. The lowest BCUT2D eigenvalue weighted by molar-refractivity contribution is 0.102. The molecule has 0 radical (unpaired) electrons. The van der Waals surface area contributed by atoms with Crippen molar-refractivity contribution in [2.24, 2.45) is 0 Å². The number of aromatic amines is 1. The molecule has 1 aliphatic carbocycles. The molecule has 2 heterocycles. The third-order valence-electron chi connectivity index (χ3n) is 3.89. The van der Waals surface area contributed by atoms with Gasteiger partial charge in [-0.3, -0.25) is 9.59 Å². The molecule has 0 aliphatic heterocycles. The molecular weight excluding hydrogens is 294 g/mol. The third-order valence-corrected chi connectivity index (χ3v) is 3.89. The summed E-state index contributed by atoms with van der Waals surface area (Å²) in [4.78, 5) is 31.2. The van der Waals surface area contributed by atoms with E-state index < -0.39 is 0 Å². The number of rotatable bonds is 3. The van der Waals surface area contributed by atoms with E-state index >= 15 is 0 Å². The highest BCUT2D eigenvalue weighted by Gasteiger charge is 2.26. The van der Waals surface area contributed by atoms with Crippen molar-refractivity contribution in [3.63, 3.8) is 0 Å². The van der Waals surface area contributed by atoms with E-state index in [1.165, 1.54) is 0 Å². The van der Waals surface area contributed by atoms with E-state index in [1.54, 1.807) is 37.4 Å². The number of carbonyl (C=O) groups is 1. The SMILES string of the molecule is Cc1nc2cc(C(=O)Nc3ccnn3C3CC3)ccc2c(=O)[nH]1. The van der Waals surface area contributed by atoms with Gasteiger partial charge in [0.15, 0.2) is 0 Å². The number of aromatic nitrogens is 4. The molecule has 7 heteroatoms. The minimum atomic E-state index is -0.242. The number of hydrogen-bond acceptors (Lipinski definition) is 4. The van der Waals surface area contributed by atoms with Crippen LogP contribution in [0, 0.1) is 6.92 Å². The summed E-state index contributed by atoms with van der Waals surface area (Å²) in [6, 6.07) is 7.05. The molecule has 0 spiro atoms. The van der Waals surface area contributed by atoms with Crippen molar-refractivity contribution >= 4 is 22.6 Å². The molecule has 0 bridgehead atoms. The van der Waals surface area contributed by atoms with Crippen molar-refractivity contribution in [1.82, 2.24) is 19.7 Å². The van der Waals surface area contributed by atoms with Crippen LogP contribution in [0.1, 0.15) is 35.1 Å². The molecule has 4 rings (SSSR count). The summed E-state index contributed by atoms with van der Waals surface area (Å²) in [5, 5.41) is 7.58. The summed E-state index contributed by atoms with van der Waals surface area (Å²) in [5.41, 5.74) is 0.763. The molecule has 1 aromatic carbocycles. The number of nitrogens with zero attached hydrogens (tertiary/aromatic N) is 3. The highest BCUT2D eigenvalue weighted by molar-refractivity contribution is 6.05. The molecule has 2 N–H and O–H groups in total. The maximum atomic E-state index is 12.5. The van der Waals surface area contributed by atoms with Gasteiger partial charge in [-0.1, -0.05) is 0 Å². The standard InChI is InChI=1S/C16H15N5O2/c1-9-18-13-8-10(2-5-12(13)16(23)19-9)15(22)20-14-6-7-17-21(14)11-3-4-11/h2,5-8,11H,3-4H2,1H3,(H,20,22)(H,18,19,23). The monoisotopic (exact) mass is 309 g/mol. The summed E-state index contributed by atoms with van der Waals surface area (Å²) < 4.78 is 1.84. The molecule has 7 nitrogen and oxygen atoms in total. The van der Waals surface area contributed by atoms with Crippen molar-refractivity contribution < 1.29 is 4.79 Å². The van der Waals surface area contributed by atoms with Gasteiger partial charge in [-0.15, -0.1) is 0 Å². The van der Waals surface area contributed by atoms with Gasteiger partial charge in [-0.25, -0.2) is 9.67 Å². The minimum Gasteiger partial charge on any atom is -0.310 e. The average molecular weight is 309 g/mol. The molecule has 0 atom stereocenters. The molecule has 23 heavy (non-hydrogen) atoms. The van der Waals surface area contributed by atoms with E-state index in [0.29, 0.717) is 34.2 Å². The van der Waals surface area contributed by atoms with Crippen molar-refractivity contribution in [2.45, 2.75) is 25.8 Å². The number of aryl methyl sites for hydroxylation is 1. The fourth-order valence-electron chi connectivity index (χ4n) is 2.61. The van der Waals surface area contributed by atoms with Gasteiger partial charge >= 0.3 is 0 Å². The first-order valence-electron chi connectivity index (χ1n) is 7.47. The van der Waals surface area contributed by atoms with Gasteiger partial charge in [0, 0.05) is 11.6 Å². The van der Waals surface area contributed by atoms with Crippen LogP contribution in [0.5, 0.6) is 0 Å². The van der Waals surface area contributed by atoms with E-state index in [0.717, 1.165) is 12.8 Å². The zero-order valence-electron chi connectivity index (χ0n) is 12.5. The number of nitrogens with one attached hydrogen (secondary N) is 2. The Morgan fingerprint density at radius 2 is 2.17 bits per heavy atom. The predicted molar refractivity (Wildman–Crippen MR) is 85.6 cm³/mol. The van der Waals surface area contributed by atoms with Crippen LogP contribution in [-0.4, -0.2) is 25.7 Å². The Labute approximate surface area is 131 Å². The van der Waals surface area contributed by atoms with E-state index in [2.05, 4.69) is 20.4 Å². The highest BCUT2D eigenvalue weighted by Crippen LogP contribution is 2.36. The number of fused-ring (bicyclic) bond motifs is 1. The van der Waals surface area contributed by atoms with Crippen LogP contribution in [0.3, 0.4) is 0 Å². The fourth-order valence-corrected chi connectivity index (χ4v) is 2.61. The maximum Gasteiger partial charge on any atom is 0.258 e. The lowest BCUT2D eigenvalue weighted by atomic mass is 10.1. The summed E-state index contributed by atoms with van der Waals surface area (Å²) >= 11 is 0. The van der Waals surface area contributed by atoms with Crippen molar-refractivity contribution in [1.29, 1.82) is 0 Å². The number of anilines is 1. The molecule has 116 valence electrons. The second-order valence-corrected chi connectivity index (χ2v) is 5.73. The number of hydrogen-bond donors (Lipinski definition) is 2. The Balaban J connectivity index is 1.66. The summed E-state index contributed by atoms with van der Waals surface area (Å²) in [6.07, 6.45) is 3.86. The smallest absolute Gasteiger partial charge is 0.258 e. The van der Waals surface area contributed by atoms with Crippen LogP contribution in [0.4, 0.5) is 5.82 Å². The highest BCUT2D eigenvalue weighted by atomic mass is 16.1. The molecule has 1 fully saturated rings. The first-order valence-corrected chi connectivity index (χ1v) is 7.47. The Morgan fingerprint density at radius 3 is 2.96 bits per heavy atom. The summed E-state index contributed by atoms with van der Waals surface area (Å²) in [7, 11) is 0. The first-order chi connectivity index (χ1) is 11.1. The molecule has 1 saturated carbocycles. The zero-order chi connectivity index (χ0) is 16.0. The number of amides is 1. The van der Waals surface area contributed by atoms with Crippen LogP contribution in [0.15, 0.2) is 35.3 Å². The van der Waals surface area contributed by atoms with Gasteiger partial charge in [-0.05, 0) is 38.0 Å². The Kier molecular flexibility index (Phi) is 3.00. The second kappa shape index (κ2) is 5.05. The summed E-state index contributed by atoms with van der Waals surface area (Å²) in [6.45, 7) is 1.71. The number of carbonyl (C=O) groups excluding carboxylic acids is 1. The second-order valence-electron chi connectivity index (χ2n) is 5.73. The molecule has 1 amide bonds. The van der Waals surface area contributed by atoms with Crippen molar-refractivity contribution in [3.05, 3.63) is 52.2 Å². The first kappa shape index (κ1) is 13.7. The van der Waals surface area contributed by atoms with Crippen LogP contribution >= 0.6 is 0 Å². The van der Waals surface area contributed by atoms with Crippen LogP contribution in [-0.2, 0) is 0 Å². The Morgan fingerprint density at radius 1 is 1.35 bits per heavy atom.